The smallest absolute Gasteiger partial charge is 0.0605 e. The first-order valence-electron chi connectivity index (χ1n) is 13.9. The van der Waals surface area contributed by atoms with Gasteiger partial charge in [-0.25, -0.2) is 0 Å². The highest BCUT2D eigenvalue weighted by Crippen LogP contribution is 2.75. The Morgan fingerprint density at radius 2 is 1.48 bits per heavy atom. The van der Waals surface area contributed by atoms with E-state index < -0.39 is 0 Å². The molecule has 10 atom stereocenters. The van der Waals surface area contributed by atoms with Crippen molar-refractivity contribution in [3.8, 4) is 0 Å². The number of allylic oxidation sites excluding steroid dienone is 2. The zero-order valence-corrected chi connectivity index (χ0v) is 22.4. The molecule has 5 aliphatic rings. The molecule has 0 heterocycles. The van der Waals surface area contributed by atoms with Crippen molar-refractivity contribution in [3.05, 3.63) is 11.6 Å². The normalized spacial score (nSPS) is 57.8. The van der Waals surface area contributed by atoms with Gasteiger partial charge in [-0.15, -0.1) is 0 Å². The Balaban J connectivity index is 1.58. The standard InChI is InChI=1S/C30H50O3/c1-25(2)21-10-13-30(7)22(28(21,5)12-11-23(25)32)9-8-19-20-16-26(3,18-31)17-24(33)27(20,4)14-15-29(19,30)6/h8,20-24,31-33H,9-18H2,1-7H3/t20-,21+,22-,23+,24-,26+,27-,28-,29-,30-/m1/s1. The van der Waals surface area contributed by atoms with E-state index in [1.165, 1.54) is 19.3 Å². The third kappa shape index (κ3) is 2.91. The maximum absolute atomic E-state index is 11.3. The fraction of sp³-hybridized carbons (Fsp3) is 0.933. The van der Waals surface area contributed by atoms with E-state index in [1.54, 1.807) is 5.57 Å². The van der Waals surface area contributed by atoms with Gasteiger partial charge in [-0.1, -0.05) is 60.1 Å². The molecule has 0 radical (unpaired) electrons. The van der Waals surface area contributed by atoms with Crippen LogP contribution in [0, 0.1) is 50.2 Å². The molecule has 3 heteroatoms. The summed E-state index contributed by atoms with van der Waals surface area (Å²) in [5.41, 5.74) is 2.02. The molecule has 0 spiro atoms. The van der Waals surface area contributed by atoms with Crippen molar-refractivity contribution in [1.29, 1.82) is 0 Å². The van der Waals surface area contributed by atoms with Crippen molar-refractivity contribution in [2.45, 2.75) is 118 Å². The summed E-state index contributed by atoms with van der Waals surface area (Å²) in [7, 11) is 0. The molecule has 0 aliphatic heterocycles. The van der Waals surface area contributed by atoms with Crippen molar-refractivity contribution in [3.63, 3.8) is 0 Å². The first-order valence-corrected chi connectivity index (χ1v) is 13.9. The summed E-state index contributed by atoms with van der Waals surface area (Å²) in [6, 6.07) is 0. The fourth-order valence-electron chi connectivity index (χ4n) is 10.7. The van der Waals surface area contributed by atoms with Crippen molar-refractivity contribution in [1.82, 2.24) is 0 Å². The number of rotatable bonds is 1. The van der Waals surface area contributed by atoms with Crippen LogP contribution in [0.3, 0.4) is 0 Å². The van der Waals surface area contributed by atoms with Gasteiger partial charge in [-0.3, -0.25) is 0 Å². The molecular weight excluding hydrogens is 408 g/mol. The van der Waals surface area contributed by atoms with Gasteiger partial charge in [0.2, 0.25) is 0 Å². The van der Waals surface area contributed by atoms with Crippen LogP contribution in [0.15, 0.2) is 11.6 Å². The molecule has 5 aliphatic carbocycles. The van der Waals surface area contributed by atoms with E-state index in [0.29, 0.717) is 17.8 Å². The minimum Gasteiger partial charge on any atom is -0.396 e. The lowest BCUT2D eigenvalue weighted by atomic mass is 9.33. The van der Waals surface area contributed by atoms with Gasteiger partial charge in [0.25, 0.3) is 0 Å². The second-order valence-corrected chi connectivity index (χ2v) is 15.1. The predicted octanol–water partition coefficient (Wildman–Crippen LogP) is 6.11. The summed E-state index contributed by atoms with van der Waals surface area (Å²) in [6.07, 6.45) is 11.7. The van der Waals surface area contributed by atoms with Gasteiger partial charge >= 0.3 is 0 Å². The van der Waals surface area contributed by atoms with Crippen molar-refractivity contribution in [2.24, 2.45) is 50.2 Å². The third-order valence-electron chi connectivity index (χ3n) is 13.4. The molecule has 0 saturated heterocycles. The third-order valence-corrected chi connectivity index (χ3v) is 13.4. The quantitative estimate of drug-likeness (QED) is 0.415. The van der Waals surface area contributed by atoms with Crippen LogP contribution in [0.2, 0.25) is 0 Å². The molecule has 0 aromatic carbocycles. The van der Waals surface area contributed by atoms with Gasteiger partial charge in [-0.05, 0) is 103 Å². The second kappa shape index (κ2) is 7.10. The summed E-state index contributed by atoms with van der Waals surface area (Å²) in [5, 5.41) is 32.4. The van der Waals surface area contributed by atoms with E-state index in [-0.39, 0.29) is 51.3 Å². The summed E-state index contributed by atoms with van der Waals surface area (Å²) in [4.78, 5) is 0. The van der Waals surface area contributed by atoms with Crippen LogP contribution in [-0.4, -0.2) is 34.1 Å². The SMILES string of the molecule is CC1(C)[C@@H](O)CC[C@@]2(C)[C@H]3CC=C4[C@H]5C[C@](C)(CO)C[C@@H](O)[C@]5(C)CC[C@@]4(C)[C@]3(C)CC[C@@H]12. The van der Waals surface area contributed by atoms with Crippen molar-refractivity contribution < 1.29 is 15.3 Å². The molecule has 0 amide bonds. The molecule has 3 N–H and O–H groups in total. The Labute approximate surface area is 202 Å². The summed E-state index contributed by atoms with van der Waals surface area (Å²) in [6.45, 7) is 17.0. The molecule has 5 rings (SSSR count). The number of fused-ring (bicyclic) bond motifs is 7. The van der Waals surface area contributed by atoms with Gasteiger partial charge in [-0.2, -0.15) is 0 Å². The average molecular weight is 459 g/mol. The van der Waals surface area contributed by atoms with Crippen LogP contribution >= 0.6 is 0 Å². The van der Waals surface area contributed by atoms with Gasteiger partial charge in [0.05, 0.1) is 12.2 Å². The highest BCUT2D eigenvalue weighted by atomic mass is 16.3. The van der Waals surface area contributed by atoms with Crippen LogP contribution in [0.1, 0.15) is 106 Å². The largest absolute Gasteiger partial charge is 0.396 e. The Morgan fingerprint density at radius 1 is 0.788 bits per heavy atom. The topological polar surface area (TPSA) is 60.7 Å². The summed E-state index contributed by atoms with van der Waals surface area (Å²) in [5.74, 6) is 1.59. The lowest BCUT2D eigenvalue weighted by Gasteiger charge is -2.71. The van der Waals surface area contributed by atoms with Crippen LogP contribution in [0.5, 0.6) is 0 Å². The van der Waals surface area contributed by atoms with Gasteiger partial charge in [0.15, 0.2) is 0 Å². The van der Waals surface area contributed by atoms with Crippen molar-refractivity contribution >= 4 is 0 Å². The second-order valence-electron chi connectivity index (χ2n) is 15.1. The Morgan fingerprint density at radius 3 is 2.15 bits per heavy atom. The van der Waals surface area contributed by atoms with Crippen LogP contribution in [0.25, 0.3) is 0 Å². The molecule has 4 saturated carbocycles. The number of aliphatic hydroxyl groups is 3. The van der Waals surface area contributed by atoms with Gasteiger partial charge in [0, 0.05) is 12.0 Å². The predicted molar refractivity (Wildman–Crippen MR) is 134 cm³/mol. The monoisotopic (exact) mass is 458 g/mol. The first kappa shape index (κ1) is 24.3. The number of aliphatic hydroxyl groups excluding tert-OH is 3. The Kier molecular flexibility index (Phi) is 5.23. The Hall–Kier alpha value is -0.380. The number of hydrogen-bond acceptors (Lipinski definition) is 3. The molecule has 0 aromatic heterocycles. The maximum atomic E-state index is 11.3. The van der Waals surface area contributed by atoms with E-state index in [2.05, 4.69) is 54.5 Å². The molecule has 33 heavy (non-hydrogen) atoms. The van der Waals surface area contributed by atoms with E-state index >= 15 is 0 Å². The molecule has 0 aromatic rings. The van der Waals surface area contributed by atoms with E-state index in [4.69, 9.17) is 0 Å². The zero-order valence-electron chi connectivity index (χ0n) is 22.4. The van der Waals surface area contributed by atoms with Crippen LogP contribution in [0.4, 0.5) is 0 Å². The molecule has 4 fully saturated rings. The lowest BCUT2D eigenvalue weighted by Crippen LogP contribution is -2.65. The van der Waals surface area contributed by atoms with Gasteiger partial charge in [0.1, 0.15) is 0 Å². The van der Waals surface area contributed by atoms with E-state index in [0.717, 1.165) is 38.5 Å². The number of hydrogen-bond donors (Lipinski definition) is 3. The highest BCUT2D eigenvalue weighted by Gasteiger charge is 2.68. The Bertz CT molecular complexity index is 847. The molecular formula is C30H50O3. The lowest BCUT2D eigenvalue weighted by molar-refractivity contribution is -0.208. The molecule has 188 valence electrons. The van der Waals surface area contributed by atoms with Crippen LogP contribution < -0.4 is 0 Å². The summed E-state index contributed by atoms with van der Waals surface area (Å²) >= 11 is 0. The average Bonchev–Trinajstić information content (AvgIpc) is 2.73. The zero-order chi connectivity index (χ0) is 24.2. The minimum absolute atomic E-state index is 0.0131. The first-order chi connectivity index (χ1) is 15.2. The summed E-state index contributed by atoms with van der Waals surface area (Å²) < 4.78 is 0. The molecule has 3 nitrogen and oxygen atoms in total. The minimum atomic E-state index is -0.335. The highest BCUT2D eigenvalue weighted by molar-refractivity contribution is 5.34. The maximum Gasteiger partial charge on any atom is 0.0605 e. The molecule has 0 bridgehead atoms. The van der Waals surface area contributed by atoms with E-state index in [9.17, 15) is 15.3 Å². The fourth-order valence-corrected chi connectivity index (χ4v) is 10.7. The van der Waals surface area contributed by atoms with Crippen LogP contribution in [-0.2, 0) is 0 Å². The molecule has 0 unspecified atom stereocenters. The van der Waals surface area contributed by atoms with Gasteiger partial charge < -0.3 is 15.3 Å². The van der Waals surface area contributed by atoms with E-state index in [1.807, 2.05) is 0 Å². The van der Waals surface area contributed by atoms with Crippen molar-refractivity contribution in [2.75, 3.05) is 6.61 Å².